The lowest BCUT2D eigenvalue weighted by molar-refractivity contribution is 0.0401. The Morgan fingerprint density at radius 2 is 1.61 bits per heavy atom. The monoisotopic (exact) mass is 275 g/mol. The Balaban J connectivity index is 0.00000162. The fraction of sp³-hybridized carbons (Fsp3) is 0.500. The molecular formula is C12H18ClNO4. The second kappa shape index (κ2) is 5.65. The molecule has 1 aromatic rings. The van der Waals surface area contributed by atoms with Gasteiger partial charge in [0.25, 0.3) is 0 Å². The molecule has 0 aromatic heterocycles. The molecule has 0 unspecified atom stereocenters. The summed E-state index contributed by atoms with van der Waals surface area (Å²) >= 11 is 0. The summed E-state index contributed by atoms with van der Waals surface area (Å²) in [6, 6.07) is 1.35. The summed E-state index contributed by atoms with van der Waals surface area (Å²) in [6.07, 6.45) is 2.11. The van der Waals surface area contributed by atoms with Crippen LogP contribution < -0.4 is 5.73 Å². The molecule has 1 aliphatic rings. The minimum absolute atomic E-state index is 0. The predicted molar refractivity (Wildman–Crippen MR) is 69.0 cm³/mol. The van der Waals surface area contributed by atoms with E-state index in [-0.39, 0.29) is 41.1 Å². The first kappa shape index (κ1) is 14.9. The van der Waals surface area contributed by atoms with E-state index in [9.17, 15) is 20.4 Å². The maximum Gasteiger partial charge on any atom is 0.127 e. The zero-order valence-electron chi connectivity index (χ0n) is 9.78. The maximum absolute atomic E-state index is 10.00. The Kier molecular flexibility index (Phi) is 4.67. The third-order valence-corrected chi connectivity index (χ3v) is 3.46. The Morgan fingerprint density at radius 3 is 2.00 bits per heavy atom. The summed E-state index contributed by atoms with van der Waals surface area (Å²) in [7, 11) is 0. The first-order valence-electron chi connectivity index (χ1n) is 5.69. The molecule has 1 aromatic carbocycles. The number of benzene rings is 1. The minimum atomic E-state index is -0.846. The summed E-state index contributed by atoms with van der Waals surface area (Å²) in [6.45, 7) is 0. The Morgan fingerprint density at radius 1 is 1.11 bits per heavy atom. The van der Waals surface area contributed by atoms with Crippen LogP contribution >= 0.6 is 12.4 Å². The molecule has 0 amide bonds. The van der Waals surface area contributed by atoms with Crippen molar-refractivity contribution in [2.24, 2.45) is 11.7 Å². The standard InChI is InChI=1S/C12H17NO4.ClH/c13-11(12(17)6-2-1-3-6)10-8(15)4-7(14)5-9(10)16;/h4-6,11-12,14-17H,1-3,13H2;1H/t11-,12+;/m1./s1. The SMILES string of the molecule is Cl.N[C@H](c1c(O)cc(O)cc1O)[C@@H](O)C1CCC1. The first-order valence-corrected chi connectivity index (χ1v) is 5.69. The fourth-order valence-electron chi connectivity index (χ4n) is 2.20. The molecule has 0 aliphatic heterocycles. The molecule has 1 aliphatic carbocycles. The average molecular weight is 276 g/mol. The lowest BCUT2D eigenvalue weighted by Gasteiger charge is -2.34. The van der Waals surface area contributed by atoms with Crippen LogP contribution in [0.15, 0.2) is 12.1 Å². The fourth-order valence-corrected chi connectivity index (χ4v) is 2.20. The Hall–Kier alpha value is -1.17. The van der Waals surface area contributed by atoms with Crippen LogP contribution in [0.1, 0.15) is 30.9 Å². The maximum atomic E-state index is 10.00. The molecule has 2 rings (SSSR count). The molecule has 1 fully saturated rings. The van der Waals surface area contributed by atoms with Crippen LogP contribution in [0.25, 0.3) is 0 Å². The minimum Gasteiger partial charge on any atom is -0.508 e. The smallest absolute Gasteiger partial charge is 0.127 e. The number of hydrogen-bond donors (Lipinski definition) is 5. The topological polar surface area (TPSA) is 107 Å². The average Bonchev–Trinajstić information content (AvgIpc) is 2.12. The van der Waals surface area contributed by atoms with Crippen molar-refractivity contribution >= 4 is 12.4 Å². The molecule has 6 heteroatoms. The van der Waals surface area contributed by atoms with E-state index in [1.165, 1.54) is 0 Å². The van der Waals surface area contributed by atoms with Crippen LogP contribution in [0, 0.1) is 5.92 Å². The number of phenols is 3. The highest BCUT2D eigenvalue weighted by molar-refractivity contribution is 5.85. The molecule has 6 N–H and O–H groups in total. The number of hydrogen-bond acceptors (Lipinski definition) is 5. The van der Waals surface area contributed by atoms with Gasteiger partial charge in [0.2, 0.25) is 0 Å². The van der Waals surface area contributed by atoms with E-state index >= 15 is 0 Å². The molecule has 0 radical (unpaired) electrons. The van der Waals surface area contributed by atoms with Crippen LogP contribution in [0.4, 0.5) is 0 Å². The van der Waals surface area contributed by atoms with Crippen molar-refractivity contribution in [1.29, 1.82) is 0 Å². The van der Waals surface area contributed by atoms with Gasteiger partial charge in [0.15, 0.2) is 0 Å². The van der Waals surface area contributed by atoms with E-state index in [0.29, 0.717) is 0 Å². The summed E-state index contributed by atoms with van der Waals surface area (Å²) in [5.41, 5.74) is 5.93. The van der Waals surface area contributed by atoms with Crippen molar-refractivity contribution < 1.29 is 20.4 Å². The highest BCUT2D eigenvalue weighted by atomic mass is 35.5. The molecule has 0 heterocycles. The van der Waals surface area contributed by atoms with E-state index < -0.39 is 12.1 Å². The molecular weight excluding hydrogens is 258 g/mol. The zero-order chi connectivity index (χ0) is 12.6. The van der Waals surface area contributed by atoms with Gasteiger partial charge in [-0.05, 0) is 18.8 Å². The second-order valence-corrected chi connectivity index (χ2v) is 4.61. The summed E-state index contributed by atoms with van der Waals surface area (Å²) in [5, 5.41) is 38.5. The van der Waals surface area contributed by atoms with Crippen molar-refractivity contribution in [2.75, 3.05) is 0 Å². The number of aliphatic hydroxyl groups excluding tert-OH is 1. The van der Waals surface area contributed by atoms with Gasteiger partial charge in [0, 0.05) is 12.1 Å². The lowest BCUT2D eigenvalue weighted by atomic mass is 9.77. The van der Waals surface area contributed by atoms with Crippen molar-refractivity contribution in [1.82, 2.24) is 0 Å². The van der Waals surface area contributed by atoms with Crippen LogP contribution in [0.3, 0.4) is 0 Å². The van der Waals surface area contributed by atoms with Crippen molar-refractivity contribution in [2.45, 2.75) is 31.4 Å². The van der Waals surface area contributed by atoms with Crippen molar-refractivity contribution in [3.63, 3.8) is 0 Å². The van der Waals surface area contributed by atoms with Crippen LogP contribution in [0.2, 0.25) is 0 Å². The quantitative estimate of drug-likeness (QED) is 0.573. The van der Waals surface area contributed by atoms with Crippen LogP contribution in [0.5, 0.6) is 17.2 Å². The van der Waals surface area contributed by atoms with E-state index in [1.807, 2.05) is 0 Å². The summed E-state index contributed by atoms with van der Waals surface area (Å²) in [5.74, 6) is -0.714. The van der Waals surface area contributed by atoms with Gasteiger partial charge in [-0.2, -0.15) is 0 Å². The number of nitrogens with two attached hydrogens (primary N) is 1. The van der Waals surface area contributed by atoms with Gasteiger partial charge in [-0.3, -0.25) is 0 Å². The van der Waals surface area contributed by atoms with Crippen LogP contribution in [-0.2, 0) is 0 Å². The third-order valence-electron chi connectivity index (χ3n) is 3.46. The van der Waals surface area contributed by atoms with Crippen LogP contribution in [-0.4, -0.2) is 26.5 Å². The number of phenolic OH excluding ortho intramolecular Hbond substituents is 3. The van der Waals surface area contributed by atoms with Crippen molar-refractivity contribution in [3.8, 4) is 17.2 Å². The van der Waals surface area contributed by atoms with Gasteiger partial charge in [-0.1, -0.05) is 6.42 Å². The number of aromatic hydroxyl groups is 3. The summed E-state index contributed by atoms with van der Waals surface area (Å²) < 4.78 is 0. The van der Waals surface area contributed by atoms with Gasteiger partial charge in [0.1, 0.15) is 17.2 Å². The third kappa shape index (κ3) is 2.63. The van der Waals surface area contributed by atoms with Gasteiger partial charge in [-0.15, -0.1) is 12.4 Å². The number of rotatable bonds is 3. The Labute approximate surface area is 111 Å². The van der Waals surface area contributed by atoms with Gasteiger partial charge in [-0.25, -0.2) is 0 Å². The molecule has 0 bridgehead atoms. The normalized spacial score (nSPS) is 18.6. The molecule has 0 saturated heterocycles. The van der Waals surface area contributed by atoms with Gasteiger partial charge >= 0.3 is 0 Å². The molecule has 2 atom stereocenters. The molecule has 18 heavy (non-hydrogen) atoms. The number of aliphatic hydroxyl groups is 1. The van der Waals surface area contributed by atoms with E-state index in [2.05, 4.69) is 0 Å². The first-order chi connectivity index (χ1) is 8.00. The highest BCUT2D eigenvalue weighted by Crippen LogP contribution is 2.41. The van der Waals surface area contributed by atoms with Gasteiger partial charge in [0.05, 0.1) is 17.7 Å². The summed E-state index contributed by atoms with van der Waals surface area (Å²) in [4.78, 5) is 0. The molecule has 5 nitrogen and oxygen atoms in total. The van der Waals surface area contributed by atoms with Gasteiger partial charge < -0.3 is 26.2 Å². The van der Waals surface area contributed by atoms with Crippen molar-refractivity contribution in [3.05, 3.63) is 17.7 Å². The molecule has 1 saturated carbocycles. The highest BCUT2D eigenvalue weighted by Gasteiger charge is 2.33. The predicted octanol–water partition coefficient (Wildman–Crippen LogP) is 1.39. The van der Waals surface area contributed by atoms with E-state index in [1.54, 1.807) is 0 Å². The Bertz CT molecular complexity index is 400. The largest absolute Gasteiger partial charge is 0.508 e. The molecule has 0 spiro atoms. The van der Waals surface area contributed by atoms with E-state index in [4.69, 9.17) is 5.73 Å². The second-order valence-electron chi connectivity index (χ2n) is 4.61. The number of halogens is 1. The lowest BCUT2D eigenvalue weighted by Crippen LogP contribution is -2.36. The zero-order valence-corrected chi connectivity index (χ0v) is 10.6. The van der Waals surface area contributed by atoms with E-state index in [0.717, 1.165) is 31.4 Å². The molecule has 102 valence electrons.